The normalized spacial score (nSPS) is 13.5. The second-order valence-corrected chi connectivity index (χ2v) is 21.2. The summed E-state index contributed by atoms with van der Waals surface area (Å²) in [4.78, 5) is 37.2. The summed E-state index contributed by atoms with van der Waals surface area (Å²) in [5.41, 5.74) is 0. The van der Waals surface area contributed by atoms with Gasteiger partial charge >= 0.3 is 11.9 Å². The Morgan fingerprint density at radius 2 is 0.747 bits per heavy atom. The van der Waals surface area contributed by atoms with Gasteiger partial charge in [-0.2, -0.15) is 0 Å². The molecule has 9 heteroatoms. The second-order valence-electron chi connectivity index (χ2n) is 21.2. The van der Waals surface area contributed by atoms with Crippen LogP contribution in [0.15, 0.2) is 97.2 Å². The number of carbonyl (C=O) groups excluding carboxylic acids is 3. The van der Waals surface area contributed by atoms with Crippen molar-refractivity contribution in [1.29, 1.82) is 0 Å². The first-order chi connectivity index (χ1) is 36.6. The van der Waals surface area contributed by atoms with Crippen molar-refractivity contribution in [2.75, 3.05) is 47.5 Å². The molecule has 9 nitrogen and oxygen atoms in total. The topological polar surface area (TPSA) is 111 Å². The van der Waals surface area contributed by atoms with Gasteiger partial charge in [0.15, 0.2) is 12.4 Å². The van der Waals surface area contributed by atoms with Crippen molar-refractivity contribution in [3.05, 3.63) is 97.2 Å². The molecule has 75 heavy (non-hydrogen) atoms. The molecule has 430 valence electrons. The van der Waals surface area contributed by atoms with Crippen molar-refractivity contribution in [3.8, 4) is 0 Å². The number of carboxylic acids is 1. The maximum atomic E-state index is 12.8. The van der Waals surface area contributed by atoms with E-state index in [2.05, 4.69) is 98.9 Å². The summed E-state index contributed by atoms with van der Waals surface area (Å²) in [7, 11) is 5.90. The van der Waals surface area contributed by atoms with Crippen LogP contribution in [0.2, 0.25) is 0 Å². The van der Waals surface area contributed by atoms with Crippen molar-refractivity contribution in [2.45, 2.75) is 257 Å². The molecule has 0 radical (unpaired) electrons. The minimum atomic E-state index is -1.64. The molecule has 0 amide bonds. The minimum Gasteiger partial charge on any atom is -0.545 e. The first-order valence-corrected chi connectivity index (χ1v) is 30.4. The molecule has 0 rings (SSSR count). The van der Waals surface area contributed by atoms with E-state index in [1.54, 1.807) is 0 Å². The summed E-state index contributed by atoms with van der Waals surface area (Å²) in [6, 6.07) is 0. The molecule has 0 saturated carbocycles. The van der Waals surface area contributed by atoms with Crippen molar-refractivity contribution < 1.29 is 42.9 Å². The molecule has 0 heterocycles. The number of hydrogen-bond donors (Lipinski definition) is 0. The standard InChI is InChI=1S/C66H113NO8/c1-6-8-10-12-14-16-18-20-21-22-23-24-25-26-27-28-29-30-31-32-33-34-35-36-37-38-39-40-41-42-43-45-47-49-51-53-55-57-64(69)75-62(61-74-66(65(70)71)72-59-58-67(3,4)5)60-73-63(68)56-54-52-50-48-46-44-19-17-15-13-11-9-7-2/h8-11,14-17,20-21,23-24,44,46,50,52,62,66H,6-7,12-13,18-19,22,25-43,45,47-49,51,53-61H2,1-5H3/b10-8-,11-9-,16-14-,17-15-,21-20-,24-23-,46-44-,52-50-. The average Bonchev–Trinajstić information content (AvgIpc) is 3.38. The Hall–Kier alpha value is -3.79. The number of quaternary nitrogens is 1. The van der Waals surface area contributed by atoms with Crippen LogP contribution in [0.3, 0.4) is 0 Å². The van der Waals surface area contributed by atoms with Gasteiger partial charge in [-0.1, -0.05) is 252 Å². The lowest BCUT2D eigenvalue weighted by molar-refractivity contribution is -0.870. The van der Waals surface area contributed by atoms with E-state index in [0.717, 1.165) is 70.6 Å². The van der Waals surface area contributed by atoms with Crippen molar-refractivity contribution in [2.24, 2.45) is 0 Å². The third-order valence-corrected chi connectivity index (χ3v) is 12.8. The van der Waals surface area contributed by atoms with Gasteiger partial charge in [0.2, 0.25) is 0 Å². The highest BCUT2D eigenvalue weighted by atomic mass is 16.7. The van der Waals surface area contributed by atoms with E-state index in [1.165, 1.54) is 135 Å². The zero-order valence-corrected chi connectivity index (χ0v) is 48.9. The van der Waals surface area contributed by atoms with Crippen LogP contribution in [-0.2, 0) is 33.3 Å². The van der Waals surface area contributed by atoms with Crippen molar-refractivity contribution in [1.82, 2.24) is 0 Å². The Kier molecular flexibility index (Phi) is 53.6. The quantitative estimate of drug-likeness (QED) is 0.0195. The minimum absolute atomic E-state index is 0.135. The third kappa shape index (κ3) is 57.7. The molecule has 0 fully saturated rings. The summed E-state index contributed by atoms with van der Waals surface area (Å²) in [5, 5.41) is 11.7. The van der Waals surface area contributed by atoms with Gasteiger partial charge in [-0.3, -0.25) is 9.59 Å². The summed E-state index contributed by atoms with van der Waals surface area (Å²) in [6.07, 6.45) is 73.8. The summed E-state index contributed by atoms with van der Waals surface area (Å²) >= 11 is 0. The van der Waals surface area contributed by atoms with E-state index < -0.39 is 30.3 Å². The van der Waals surface area contributed by atoms with Crippen LogP contribution in [0.25, 0.3) is 0 Å². The molecule has 2 atom stereocenters. The zero-order chi connectivity index (χ0) is 54.8. The van der Waals surface area contributed by atoms with E-state index in [4.69, 9.17) is 18.9 Å². The van der Waals surface area contributed by atoms with Crippen LogP contribution in [0.4, 0.5) is 0 Å². The average molecular weight is 1050 g/mol. The van der Waals surface area contributed by atoms with Gasteiger partial charge in [0, 0.05) is 12.8 Å². The Balaban J connectivity index is 4.02. The number of carboxylic acid groups (broad SMARTS) is 1. The van der Waals surface area contributed by atoms with Crippen molar-refractivity contribution in [3.63, 3.8) is 0 Å². The first kappa shape index (κ1) is 71.2. The largest absolute Gasteiger partial charge is 0.545 e. The predicted molar refractivity (Wildman–Crippen MR) is 315 cm³/mol. The SMILES string of the molecule is CC/C=C\C/C=C\C/C=C\C/C=C\CCCCCCCCCCCCCCCCCCCCCCCCCCC(=O)OC(COC(=O)CC/C=C\C/C=C\C/C=C\C/C=C\CC)COC(OCC[N+](C)(C)C)C(=O)[O-]. The number of rotatable bonds is 55. The van der Waals surface area contributed by atoms with Gasteiger partial charge < -0.3 is 33.3 Å². The molecular weight excluding hydrogens is 935 g/mol. The van der Waals surface area contributed by atoms with Gasteiger partial charge in [-0.05, 0) is 77.0 Å². The molecule has 2 unspecified atom stereocenters. The highest BCUT2D eigenvalue weighted by Gasteiger charge is 2.22. The number of carbonyl (C=O) groups is 3. The first-order valence-electron chi connectivity index (χ1n) is 30.4. The molecule has 0 saturated heterocycles. The monoisotopic (exact) mass is 1050 g/mol. The van der Waals surface area contributed by atoms with Crippen LogP contribution in [0.1, 0.15) is 245 Å². The van der Waals surface area contributed by atoms with Gasteiger partial charge in [0.1, 0.15) is 13.2 Å². The Morgan fingerprint density at radius 1 is 0.400 bits per heavy atom. The number of hydrogen-bond acceptors (Lipinski definition) is 8. The number of allylic oxidation sites excluding steroid dienone is 16. The molecule has 0 aromatic rings. The van der Waals surface area contributed by atoms with Crippen LogP contribution in [-0.4, -0.2) is 82.3 Å². The van der Waals surface area contributed by atoms with E-state index >= 15 is 0 Å². The van der Waals surface area contributed by atoms with E-state index in [0.29, 0.717) is 23.9 Å². The van der Waals surface area contributed by atoms with Crippen LogP contribution >= 0.6 is 0 Å². The fraction of sp³-hybridized carbons (Fsp3) is 0.712. The van der Waals surface area contributed by atoms with Crippen LogP contribution in [0.5, 0.6) is 0 Å². The lowest BCUT2D eigenvalue weighted by atomic mass is 10.0. The fourth-order valence-electron chi connectivity index (χ4n) is 8.25. The number of ether oxygens (including phenoxy) is 4. The second kappa shape index (κ2) is 56.4. The Morgan fingerprint density at radius 3 is 1.12 bits per heavy atom. The number of likely N-dealkylation sites (N-methyl/N-ethyl adjacent to an activating group) is 1. The number of aliphatic carboxylic acids is 1. The molecule has 0 aliphatic rings. The molecule has 0 aromatic heterocycles. The molecule has 0 spiro atoms. The van der Waals surface area contributed by atoms with Gasteiger partial charge in [-0.15, -0.1) is 0 Å². The third-order valence-electron chi connectivity index (χ3n) is 12.8. The molecule has 0 aromatic carbocycles. The fourth-order valence-corrected chi connectivity index (χ4v) is 8.25. The molecule has 0 bridgehead atoms. The van der Waals surface area contributed by atoms with E-state index in [-0.39, 0.29) is 32.7 Å². The Labute approximate surface area is 461 Å². The zero-order valence-electron chi connectivity index (χ0n) is 48.9. The molecule has 0 aliphatic heterocycles. The molecular formula is C66H113NO8. The van der Waals surface area contributed by atoms with Gasteiger partial charge in [0.25, 0.3) is 0 Å². The molecule has 0 aliphatic carbocycles. The number of unbranched alkanes of at least 4 members (excludes halogenated alkanes) is 24. The predicted octanol–water partition coefficient (Wildman–Crippen LogP) is 16.8. The highest BCUT2D eigenvalue weighted by molar-refractivity contribution is 5.70. The van der Waals surface area contributed by atoms with Gasteiger partial charge in [0.05, 0.1) is 40.3 Å². The maximum Gasteiger partial charge on any atom is 0.306 e. The number of esters is 2. The smallest absolute Gasteiger partial charge is 0.306 e. The summed E-state index contributed by atoms with van der Waals surface area (Å²) in [5.74, 6) is -2.39. The van der Waals surface area contributed by atoms with Crippen LogP contribution in [0, 0.1) is 0 Å². The van der Waals surface area contributed by atoms with E-state index in [9.17, 15) is 19.5 Å². The summed E-state index contributed by atoms with van der Waals surface area (Å²) in [6.45, 7) is 4.44. The number of nitrogens with zero attached hydrogens (tertiary/aromatic N) is 1. The summed E-state index contributed by atoms with van der Waals surface area (Å²) < 4.78 is 22.6. The van der Waals surface area contributed by atoms with Crippen molar-refractivity contribution >= 4 is 17.9 Å². The molecule has 0 N–H and O–H groups in total. The highest BCUT2D eigenvalue weighted by Crippen LogP contribution is 2.17. The maximum absolute atomic E-state index is 12.8. The van der Waals surface area contributed by atoms with Gasteiger partial charge in [-0.25, -0.2) is 0 Å². The Bertz CT molecular complexity index is 1550. The lowest BCUT2D eigenvalue weighted by Gasteiger charge is -2.26. The lowest BCUT2D eigenvalue weighted by Crippen LogP contribution is -2.44. The van der Waals surface area contributed by atoms with Crippen LogP contribution < -0.4 is 5.11 Å². The van der Waals surface area contributed by atoms with E-state index in [1.807, 2.05) is 33.3 Å².